The Kier molecular flexibility index (Phi) is 3.56. The summed E-state index contributed by atoms with van der Waals surface area (Å²) in [4.78, 5) is 26.4. The van der Waals surface area contributed by atoms with Crippen LogP contribution >= 0.6 is 0 Å². The van der Waals surface area contributed by atoms with Crippen molar-refractivity contribution in [2.24, 2.45) is 0 Å². The number of aromatic carboxylic acids is 1. The monoisotopic (exact) mass is 261 g/mol. The molecule has 0 aliphatic rings. The van der Waals surface area contributed by atoms with Gasteiger partial charge < -0.3 is 14.9 Å². The number of carbonyl (C=O) groups excluding carboxylic acids is 1. The molecule has 2 aromatic heterocycles. The first kappa shape index (κ1) is 12.7. The summed E-state index contributed by atoms with van der Waals surface area (Å²) >= 11 is 0. The Morgan fingerprint density at radius 3 is 2.84 bits per heavy atom. The Balaban J connectivity index is 2.06. The molecule has 0 saturated heterocycles. The van der Waals surface area contributed by atoms with Gasteiger partial charge in [-0.05, 0) is 18.6 Å². The van der Waals surface area contributed by atoms with Crippen LogP contribution in [0.15, 0.2) is 35.1 Å². The van der Waals surface area contributed by atoms with E-state index in [1.807, 2.05) is 6.07 Å². The van der Waals surface area contributed by atoms with Crippen LogP contribution in [0.2, 0.25) is 0 Å². The van der Waals surface area contributed by atoms with Gasteiger partial charge in [-0.2, -0.15) is 0 Å². The second-order valence-electron chi connectivity index (χ2n) is 3.86. The smallest absolute Gasteiger partial charge is 0.374 e. The van der Waals surface area contributed by atoms with Gasteiger partial charge in [0, 0.05) is 18.5 Å². The van der Waals surface area contributed by atoms with Gasteiger partial charge in [-0.1, -0.05) is 11.2 Å². The van der Waals surface area contributed by atoms with Crippen molar-refractivity contribution >= 4 is 11.9 Å². The second-order valence-corrected chi connectivity index (χ2v) is 3.86. The minimum atomic E-state index is -1.27. The normalized spacial score (nSPS) is 11.8. The number of hydrogen-bond donors (Lipinski definition) is 2. The fraction of sp³-hybridized carbons (Fsp3) is 0.167. The maximum Gasteiger partial charge on any atom is 0.374 e. The molecule has 0 aliphatic carbocycles. The molecule has 2 rings (SSSR count). The number of rotatable bonds is 4. The SMILES string of the molecule is CC(NC(=O)c1cc(C(=O)O)on1)c1cccnc1. The molecule has 2 N–H and O–H groups in total. The number of carbonyl (C=O) groups is 2. The molecule has 0 aliphatic heterocycles. The molecule has 19 heavy (non-hydrogen) atoms. The van der Waals surface area contributed by atoms with Crippen LogP contribution in [-0.4, -0.2) is 27.1 Å². The number of amides is 1. The molecule has 7 heteroatoms. The fourth-order valence-electron chi connectivity index (χ4n) is 1.47. The third-order valence-electron chi connectivity index (χ3n) is 2.49. The number of hydrogen-bond acceptors (Lipinski definition) is 5. The predicted molar refractivity (Wildman–Crippen MR) is 63.6 cm³/mol. The van der Waals surface area contributed by atoms with Crippen molar-refractivity contribution in [2.45, 2.75) is 13.0 Å². The molecule has 0 fully saturated rings. The highest BCUT2D eigenvalue weighted by atomic mass is 16.5. The van der Waals surface area contributed by atoms with E-state index in [1.54, 1.807) is 25.4 Å². The number of aromatic nitrogens is 2. The Morgan fingerprint density at radius 1 is 1.47 bits per heavy atom. The van der Waals surface area contributed by atoms with Crippen molar-refractivity contribution in [1.82, 2.24) is 15.5 Å². The van der Waals surface area contributed by atoms with E-state index < -0.39 is 11.9 Å². The summed E-state index contributed by atoms with van der Waals surface area (Å²) < 4.78 is 4.51. The Labute approximate surface area is 108 Å². The molecule has 1 unspecified atom stereocenters. The lowest BCUT2D eigenvalue weighted by atomic mass is 10.1. The molecule has 0 bridgehead atoms. The maximum absolute atomic E-state index is 11.8. The molecular formula is C12H11N3O4. The van der Waals surface area contributed by atoms with Crippen LogP contribution < -0.4 is 5.32 Å². The molecule has 7 nitrogen and oxygen atoms in total. The summed E-state index contributed by atoms with van der Waals surface area (Å²) in [5.74, 6) is -2.15. The zero-order valence-electron chi connectivity index (χ0n) is 10.0. The average molecular weight is 261 g/mol. The van der Waals surface area contributed by atoms with Crippen LogP contribution in [0.5, 0.6) is 0 Å². The van der Waals surface area contributed by atoms with Crippen LogP contribution in [0.4, 0.5) is 0 Å². The van der Waals surface area contributed by atoms with Crippen molar-refractivity contribution in [2.75, 3.05) is 0 Å². The van der Waals surface area contributed by atoms with Crippen molar-refractivity contribution in [1.29, 1.82) is 0 Å². The topological polar surface area (TPSA) is 105 Å². The van der Waals surface area contributed by atoms with Crippen LogP contribution in [-0.2, 0) is 0 Å². The number of nitrogens with zero attached hydrogens (tertiary/aromatic N) is 2. The van der Waals surface area contributed by atoms with Gasteiger partial charge in [0.2, 0.25) is 5.76 Å². The van der Waals surface area contributed by atoms with Crippen molar-refractivity contribution in [3.8, 4) is 0 Å². The number of carboxylic acids is 1. The van der Waals surface area contributed by atoms with E-state index >= 15 is 0 Å². The minimum Gasteiger partial charge on any atom is -0.475 e. The molecule has 0 saturated carbocycles. The summed E-state index contributed by atoms with van der Waals surface area (Å²) in [6.45, 7) is 1.78. The molecule has 2 aromatic rings. The van der Waals surface area contributed by atoms with E-state index in [9.17, 15) is 9.59 Å². The first-order valence-corrected chi connectivity index (χ1v) is 5.48. The summed E-state index contributed by atoms with van der Waals surface area (Å²) in [5, 5.41) is 14.7. The zero-order valence-corrected chi connectivity index (χ0v) is 10.0. The van der Waals surface area contributed by atoms with E-state index in [0.717, 1.165) is 11.6 Å². The third kappa shape index (κ3) is 2.95. The van der Waals surface area contributed by atoms with Crippen molar-refractivity contribution in [3.63, 3.8) is 0 Å². The van der Waals surface area contributed by atoms with Crippen LogP contribution in [0, 0.1) is 0 Å². The van der Waals surface area contributed by atoms with E-state index in [4.69, 9.17) is 5.11 Å². The zero-order chi connectivity index (χ0) is 13.8. The molecule has 1 amide bonds. The molecule has 0 spiro atoms. The molecule has 1 atom stereocenters. The van der Waals surface area contributed by atoms with Gasteiger partial charge in [-0.3, -0.25) is 9.78 Å². The first-order chi connectivity index (χ1) is 9.08. The van der Waals surface area contributed by atoms with Gasteiger partial charge in [0.1, 0.15) is 0 Å². The quantitative estimate of drug-likeness (QED) is 0.858. The van der Waals surface area contributed by atoms with Crippen LogP contribution in [0.25, 0.3) is 0 Å². The molecule has 0 radical (unpaired) electrons. The standard InChI is InChI=1S/C12H11N3O4/c1-7(8-3-2-4-13-6-8)14-11(16)9-5-10(12(17)18)19-15-9/h2-7H,1H3,(H,14,16)(H,17,18). The van der Waals surface area contributed by atoms with Gasteiger partial charge >= 0.3 is 5.97 Å². The van der Waals surface area contributed by atoms with Gasteiger partial charge in [0.05, 0.1) is 6.04 Å². The van der Waals surface area contributed by atoms with Crippen LogP contribution in [0.3, 0.4) is 0 Å². The molecular weight excluding hydrogens is 250 g/mol. The maximum atomic E-state index is 11.8. The Hall–Kier alpha value is -2.70. The molecule has 0 aromatic carbocycles. The Bertz CT molecular complexity index is 594. The highest BCUT2D eigenvalue weighted by Gasteiger charge is 2.18. The van der Waals surface area contributed by atoms with E-state index in [1.165, 1.54) is 0 Å². The van der Waals surface area contributed by atoms with Crippen LogP contribution in [0.1, 0.15) is 39.6 Å². The van der Waals surface area contributed by atoms with E-state index in [2.05, 4.69) is 20.0 Å². The first-order valence-electron chi connectivity index (χ1n) is 5.48. The lowest BCUT2D eigenvalue weighted by molar-refractivity contribution is 0.0651. The van der Waals surface area contributed by atoms with Gasteiger partial charge in [0.15, 0.2) is 5.69 Å². The summed E-state index contributed by atoms with van der Waals surface area (Å²) in [7, 11) is 0. The highest BCUT2D eigenvalue weighted by Crippen LogP contribution is 2.11. The lowest BCUT2D eigenvalue weighted by Crippen LogP contribution is -2.26. The second kappa shape index (κ2) is 5.30. The summed E-state index contributed by atoms with van der Waals surface area (Å²) in [6, 6.07) is 4.39. The number of pyridine rings is 1. The highest BCUT2D eigenvalue weighted by molar-refractivity contribution is 5.94. The summed E-state index contributed by atoms with van der Waals surface area (Å²) in [5.41, 5.74) is 0.756. The summed E-state index contributed by atoms with van der Waals surface area (Å²) in [6.07, 6.45) is 3.27. The largest absolute Gasteiger partial charge is 0.475 e. The predicted octanol–water partition coefficient (Wildman–Crippen LogP) is 1.26. The van der Waals surface area contributed by atoms with E-state index in [-0.39, 0.29) is 17.5 Å². The van der Waals surface area contributed by atoms with Gasteiger partial charge in [-0.15, -0.1) is 0 Å². The third-order valence-corrected chi connectivity index (χ3v) is 2.49. The van der Waals surface area contributed by atoms with Crippen molar-refractivity contribution < 1.29 is 19.2 Å². The minimum absolute atomic E-state index is 0.0758. The average Bonchev–Trinajstić information content (AvgIpc) is 2.89. The van der Waals surface area contributed by atoms with Crippen molar-refractivity contribution in [3.05, 3.63) is 47.6 Å². The molecule has 98 valence electrons. The lowest BCUT2D eigenvalue weighted by Gasteiger charge is -2.12. The fourth-order valence-corrected chi connectivity index (χ4v) is 1.47. The number of carboxylic acid groups (broad SMARTS) is 1. The van der Waals surface area contributed by atoms with Gasteiger partial charge in [0.25, 0.3) is 5.91 Å². The van der Waals surface area contributed by atoms with E-state index in [0.29, 0.717) is 0 Å². The Morgan fingerprint density at radius 2 is 2.26 bits per heavy atom. The van der Waals surface area contributed by atoms with Gasteiger partial charge in [-0.25, -0.2) is 4.79 Å². The number of nitrogens with one attached hydrogen (secondary N) is 1. The molecule has 2 heterocycles.